The molecule has 0 aliphatic rings. The maximum Gasteiger partial charge on any atom is 0.0632 e. The molecule has 1 rings (SSSR count). The summed E-state index contributed by atoms with van der Waals surface area (Å²) in [6.45, 7) is 5.80. The molecular formula is C14H23N3. The van der Waals surface area contributed by atoms with Gasteiger partial charge in [-0.25, -0.2) is 0 Å². The van der Waals surface area contributed by atoms with E-state index in [1.54, 1.807) is 0 Å². The van der Waals surface area contributed by atoms with Crippen LogP contribution < -0.4 is 11.3 Å². The van der Waals surface area contributed by atoms with Gasteiger partial charge in [-0.05, 0) is 43.9 Å². The first-order valence-electron chi connectivity index (χ1n) is 6.27. The number of nitrogens with two attached hydrogens (primary N) is 1. The summed E-state index contributed by atoms with van der Waals surface area (Å²) in [5.74, 6) is 5.59. The largest absolute Gasteiger partial charge is 0.271 e. The molecule has 0 aromatic carbocycles. The molecule has 1 aromatic heterocycles. The lowest BCUT2D eigenvalue weighted by Crippen LogP contribution is -2.28. The van der Waals surface area contributed by atoms with Crippen LogP contribution in [0.1, 0.15) is 49.4 Å². The van der Waals surface area contributed by atoms with E-state index >= 15 is 0 Å². The third-order valence-corrected chi connectivity index (χ3v) is 2.90. The van der Waals surface area contributed by atoms with Crippen LogP contribution in [0, 0.1) is 6.92 Å². The van der Waals surface area contributed by atoms with Gasteiger partial charge in [0.2, 0.25) is 0 Å². The molecule has 3 N–H and O–H groups in total. The van der Waals surface area contributed by atoms with E-state index in [2.05, 4.69) is 30.0 Å². The van der Waals surface area contributed by atoms with Crippen LogP contribution in [-0.4, -0.2) is 4.98 Å². The standard InChI is InChI=1S/C14H23N3/c1-3-4-5-6-7-8-13(17-15)14-11-12(2)9-10-16-14/h3,9-11,13,17H,1,4-8,15H2,2H3. The average molecular weight is 233 g/mol. The molecule has 0 aliphatic heterocycles. The highest BCUT2D eigenvalue weighted by molar-refractivity contribution is 5.17. The van der Waals surface area contributed by atoms with Crippen molar-refractivity contribution in [2.45, 2.75) is 45.1 Å². The molecule has 0 spiro atoms. The Labute approximate surface area is 104 Å². The van der Waals surface area contributed by atoms with Gasteiger partial charge in [0.15, 0.2) is 0 Å². The topological polar surface area (TPSA) is 50.9 Å². The summed E-state index contributed by atoms with van der Waals surface area (Å²) in [7, 11) is 0. The summed E-state index contributed by atoms with van der Waals surface area (Å²) in [4.78, 5) is 4.37. The summed E-state index contributed by atoms with van der Waals surface area (Å²) in [5.41, 5.74) is 5.12. The van der Waals surface area contributed by atoms with E-state index in [0.29, 0.717) is 0 Å². The minimum atomic E-state index is 0.165. The van der Waals surface area contributed by atoms with Gasteiger partial charge in [-0.1, -0.05) is 18.9 Å². The highest BCUT2D eigenvalue weighted by Crippen LogP contribution is 2.18. The van der Waals surface area contributed by atoms with Crippen molar-refractivity contribution in [1.29, 1.82) is 0 Å². The summed E-state index contributed by atoms with van der Waals surface area (Å²) in [6, 6.07) is 4.26. The third kappa shape index (κ3) is 5.11. The molecule has 0 amide bonds. The summed E-state index contributed by atoms with van der Waals surface area (Å²) < 4.78 is 0. The molecule has 1 atom stereocenters. The second-order valence-electron chi connectivity index (χ2n) is 4.40. The van der Waals surface area contributed by atoms with Crippen LogP contribution in [0.5, 0.6) is 0 Å². The Morgan fingerprint density at radius 1 is 1.47 bits per heavy atom. The number of nitrogens with zero attached hydrogens (tertiary/aromatic N) is 1. The smallest absolute Gasteiger partial charge is 0.0632 e. The number of aromatic nitrogens is 1. The van der Waals surface area contributed by atoms with Gasteiger partial charge >= 0.3 is 0 Å². The average Bonchev–Trinajstić information content (AvgIpc) is 2.34. The fourth-order valence-electron chi connectivity index (χ4n) is 1.88. The highest BCUT2D eigenvalue weighted by Gasteiger charge is 2.10. The van der Waals surface area contributed by atoms with Crippen LogP contribution in [0.15, 0.2) is 31.0 Å². The molecule has 3 nitrogen and oxygen atoms in total. The summed E-state index contributed by atoms with van der Waals surface area (Å²) >= 11 is 0. The van der Waals surface area contributed by atoms with Gasteiger partial charge in [0.05, 0.1) is 11.7 Å². The molecule has 3 heteroatoms. The van der Waals surface area contributed by atoms with E-state index < -0.39 is 0 Å². The monoisotopic (exact) mass is 233 g/mol. The van der Waals surface area contributed by atoms with Crippen molar-refractivity contribution >= 4 is 0 Å². The van der Waals surface area contributed by atoms with Crippen molar-refractivity contribution in [3.05, 3.63) is 42.2 Å². The number of hydrogen-bond donors (Lipinski definition) is 2. The van der Waals surface area contributed by atoms with Crippen LogP contribution in [0.2, 0.25) is 0 Å². The molecule has 1 aromatic rings. The zero-order valence-corrected chi connectivity index (χ0v) is 10.7. The Morgan fingerprint density at radius 3 is 2.94 bits per heavy atom. The lowest BCUT2D eigenvalue weighted by atomic mass is 10.0. The molecule has 0 fully saturated rings. The molecule has 0 bridgehead atoms. The van der Waals surface area contributed by atoms with Crippen molar-refractivity contribution < 1.29 is 0 Å². The highest BCUT2D eigenvalue weighted by atomic mass is 15.2. The van der Waals surface area contributed by atoms with Crippen LogP contribution in [-0.2, 0) is 0 Å². The summed E-state index contributed by atoms with van der Waals surface area (Å²) in [5, 5.41) is 0. The van der Waals surface area contributed by atoms with E-state index in [-0.39, 0.29) is 6.04 Å². The SMILES string of the molecule is C=CCCCCCC(NN)c1cc(C)ccn1. The Kier molecular flexibility index (Phi) is 6.51. The van der Waals surface area contributed by atoms with Crippen molar-refractivity contribution in [3.8, 4) is 0 Å². The van der Waals surface area contributed by atoms with E-state index in [0.717, 1.165) is 18.5 Å². The molecule has 94 valence electrons. The van der Waals surface area contributed by atoms with Gasteiger partial charge in [0.1, 0.15) is 0 Å². The number of hydrogen-bond acceptors (Lipinski definition) is 3. The maximum absolute atomic E-state index is 5.59. The van der Waals surface area contributed by atoms with Gasteiger partial charge in [-0.2, -0.15) is 0 Å². The molecule has 1 heterocycles. The van der Waals surface area contributed by atoms with Gasteiger partial charge < -0.3 is 0 Å². The third-order valence-electron chi connectivity index (χ3n) is 2.90. The predicted molar refractivity (Wildman–Crippen MR) is 72.3 cm³/mol. The molecular weight excluding hydrogens is 210 g/mol. The Bertz CT molecular complexity index is 336. The van der Waals surface area contributed by atoms with E-state index in [4.69, 9.17) is 5.84 Å². The van der Waals surface area contributed by atoms with Gasteiger partial charge in [0.25, 0.3) is 0 Å². The molecule has 0 saturated heterocycles. The van der Waals surface area contributed by atoms with Crippen molar-refractivity contribution in [2.24, 2.45) is 5.84 Å². The quantitative estimate of drug-likeness (QED) is 0.314. The van der Waals surface area contributed by atoms with Crippen LogP contribution in [0.4, 0.5) is 0 Å². The number of aryl methyl sites for hydroxylation is 1. The second kappa shape index (κ2) is 7.98. The number of hydrazine groups is 1. The van der Waals surface area contributed by atoms with Gasteiger partial charge in [-0.15, -0.1) is 6.58 Å². The molecule has 17 heavy (non-hydrogen) atoms. The van der Waals surface area contributed by atoms with Crippen molar-refractivity contribution in [2.75, 3.05) is 0 Å². The maximum atomic E-state index is 5.59. The number of rotatable bonds is 8. The van der Waals surface area contributed by atoms with Crippen molar-refractivity contribution in [1.82, 2.24) is 10.4 Å². The summed E-state index contributed by atoms with van der Waals surface area (Å²) in [6.07, 6.45) is 9.54. The van der Waals surface area contributed by atoms with E-state index in [1.165, 1.54) is 24.8 Å². The lowest BCUT2D eigenvalue weighted by molar-refractivity contribution is 0.474. The van der Waals surface area contributed by atoms with Gasteiger partial charge in [0, 0.05) is 6.20 Å². The number of unbranched alkanes of at least 4 members (excludes halogenated alkanes) is 3. The first kappa shape index (κ1) is 13.9. The Hall–Kier alpha value is -1.19. The van der Waals surface area contributed by atoms with Gasteiger partial charge in [-0.3, -0.25) is 16.3 Å². The van der Waals surface area contributed by atoms with Crippen LogP contribution in [0.3, 0.4) is 0 Å². The molecule has 0 radical (unpaired) electrons. The number of pyridine rings is 1. The Balaban J connectivity index is 2.40. The predicted octanol–water partition coefficient (Wildman–Crippen LogP) is 3.03. The first-order chi connectivity index (χ1) is 8.27. The molecule has 1 unspecified atom stereocenters. The van der Waals surface area contributed by atoms with Crippen LogP contribution in [0.25, 0.3) is 0 Å². The van der Waals surface area contributed by atoms with E-state index in [1.807, 2.05) is 18.3 Å². The second-order valence-corrected chi connectivity index (χ2v) is 4.40. The Morgan fingerprint density at radius 2 is 2.29 bits per heavy atom. The zero-order valence-electron chi connectivity index (χ0n) is 10.7. The zero-order chi connectivity index (χ0) is 12.5. The minimum absolute atomic E-state index is 0.165. The number of allylic oxidation sites excluding steroid dienone is 1. The molecule has 0 aliphatic carbocycles. The first-order valence-corrected chi connectivity index (χ1v) is 6.27. The van der Waals surface area contributed by atoms with Crippen molar-refractivity contribution in [3.63, 3.8) is 0 Å². The number of nitrogens with one attached hydrogen (secondary N) is 1. The minimum Gasteiger partial charge on any atom is -0.271 e. The van der Waals surface area contributed by atoms with E-state index in [9.17, 15) is 0 Å². The fraction of sp³-hybridized carbons (Fsp3) is 0.500. The fourth-order valence-corrected chi connectivity index (χ4v) is 1.88. The normalized spacial score (nSPS) is 12.4. The lowest BCUT2D eigenvalue weighted by Gasteiger charge is -2.15. The molecule has 0 saturated carbocycles. The van der Waals surface area contributed by atoms with Crippen LogP contribution >= 0.6 is 0 Å².